The molecule has 0 aliphatic carbocycles. The summed E-state index contributed by atoms with van der Waals surface area (Å²) < 4.78 is 27.1. The number of anilines is 2. The highest BCUT2D eigenvalue weighted by molar-refractivity contribution is 5.99. The minimum Gasteiger partial charge on any atom is -0.368 e. The van der Waals surface area contributed by atoms with Crippen molar-refractivity contribution in [2.75, 3.05) is 42.9 Å². The molecule has 4 rings (SSSR count). The smallest absolute Gasteiger partial charge is 0.254 e. The number of amides is 3. The quantitative estimate of drug-likeness (QED) is 0.411. The predicted octanol–water partition coefficient (Wildman–Crippen LogP) is 4.94. The van der Waals surface area contributed by atoms with E-state index < -0.39 is 23.4 Å². The first-order valence-corrected chi connectivity index (χ1v) is 13.4. The molecule has 1 saturated heterocycles. The molecule has 3 aromatic carbocycles. The lowest BCUT2D eigenvalue weighted by atomic mass is 10.1. The molecular formula is C31H34F2N4O3. The van der Waals surface area contributed by atoms with Crippen molar-refractivity contribution >= 4 is 29.1 Å². The van der Waals surface area contributed by atoms with Crippen LogP contribution in [0.2, 0.25) is 0 Å². The summed E-state index contributed by atoms with van der Waals surface area (Å²) in [6.45, 7) is 6.67. The summed E-state index contributed by atoms with van der Waals surface area (Å²) in [5.74, 6) is -1.37. The van der Waals surface area contributed by atoms with Crippen molar-refractivity contribution in [1.29, 1.82) is 0 Å². The lowest BCUT2D eigenvalue weighted by molar-refractivity contribution is -0.132. The summed E-state index contributed by atoms with van der Waals surface area (Å²) in [6.07, 6.45) is 0.559. The van der Waals surface area contributed by atoms with Crippen LogP contribution in [0.25, 0.3) is 0 Å². The zero-order chi connectivity index (χ0) is 28.6. The molecule has 0 unspecified atom stereocenters. The normalized spacial score (nSPS) is 13.3. The van der Waals surface area contributed by atoms with Crippen molar-refractivity contribution in [2.24, 2.45) is 5.92 Å². The Labute approximate surface area is 233 Å². The van der Waals surface area contributed by atoms with Gasteiger partial charge in [-0.2, -0.15) is 0 Å². The number of hydrogen-bond donors (Lipinski definition) is 1. The van der Waals surface area contributed by atoms with Crippen molar-refractivity contribution in [3.05, 3.63) is 95.6 Å². The van der Waals surface area contributed by atoms with E-state index in [0.29, 0.717) is 36.7 Å². The largest absolute Gasteiger partial charge is 0.368 e. The summed E-state index contributed by atoms with van der Waals surface area (Å²) in [5, 5.41) is 2.82. The first-order chi connectivity index (χ1) is 19.2. The summed E-state index contributed by atoms with van der Waals surface area (Å²) >= 11 is 0. The third-order valence-electron chi connectivity index (χ3n) is 6.71. The molecule has 7 nitrogen and oxygen atoms in total. The average molecular weight is 549 g/mol. The van der Waals surface area contributed by atoms with Crippen LogP contribution < -0.4 is 10.2 Å². The van der Waals surface area contributed by atoms with Gasteiger partial charge in [0.05, 0.1) is 0 Å². The maximum absolute atomic E-state index is 13.8. The second-order valence-electron chi connectivity index (χ2n) is 10.4. The van der Waals surface area contributed by atoms with Crippen LogP contribution in [0, 0.1) is 17.6 Å². The lowest BCUT2D eigenvalue weighted by Gasteiger charge is -2.36. The second-order valence-corrected chi connectivity index (χ2v) is 10.4. The number of hydrogen-bond acceptors (Lipinski definition) is 4. The van der Waals surface area contributed by atoms with E-state index in [1.807, 2.05) is 30.9 Å². The highest BCUT2D eigenvalue weighted by atomic mass is 19.1. The zero-order valence-corrected chi connectivity index (χ0v) is 22.8. The van der Waals surface area contributed by atoms with Gasteiger partial charge >= 0.3 is 0 Å². The highest BCUT2D eigenvalue weighted by Crippen LogP contribution is 2.21. The Morgan fingerprint density at radius 3 is 2.17 bits per heavy atom. The highest BCUT2D eigenvalue weighted by Gasteiger charge is 2.23. The van der Waals surface area contributed by atoms with Crippen LogP contribution in [0.15, 0.2) is 72.8 Å². The van der Waals surface area contributed by atoms with Gasteiger partial charge in [-0.1, -0.05) is 32.0 Å². The van der Waals surface area contributed by atoms with Crippen molar-refractivity contribution in [1.82, 2.24) is 9.80 Å². The molecule has 0 spiro atoms. The van der Waals surface area contributed by atoms with E-state index in [1.165, 1.54) is 47.4 Å². The molecule has 3 amide bonds. The van der Waals surface area contributed by atoms with Gasteiger partial charge in [0.15, 0.2) is 0 Å². The van der Waals surface area contributed by atoms with Crippen LogP contribution in [0.4, 0.5) is 20.2 Å². The Kier molecular flexibility index (Phi) is 9.47. The topological polar surface area (TPSA) is 73.0 Å². The Hall–Kier alpha value is -4.27. The van der Waals surface area contributed by atoms with Crippen molar-refractivity contribution in [3.63, 3.8) is 0 Å². The summed E-state index contributed by atoms with van der Waals surface area (Å²) in [6, 6.07) is 18.3. The molecule has 0 bridgehead atoms. The molecule has 0 saturated carbocycles. The fraction of sp³-hybridized carbons (Fsp3) is 0.323. The number of nitrogens with zero attached hydrogens (tertiary/aromatic N) is 3. The number of nitrogens with one attached hydrogen (secondary N) is 1. The zero-order valence-electron chi connectivity index (χ0n) is 22.8. The summed E-state index contributed by atoms with van der Waals surface area (Å²) in [5.41, 5.74) is 2.31. The molecule has 40 heavy (non-hydrogen) atoms. The second kappa shape index (κ2) is 13.2. The first kappa shape index (κ1) is 28.7. The fourth-order valence-electron chi connectivity index (χ4n) is 4.64. The van der Waals surface area contributed by atoms with E-state index in [2.05, 4.69) is 10.2 Å². The number of halogens is 2. The number of rotatable bonds is 9. The third-order valence-corrected chi connectivity index (χ3v) is 6.71. The minimum atomic E-state index is -0.555. The van der Waals surface area contributed by atoms with E-state index in [1.54, 1.807) is 12.1 Å². The van der Waals surface area contributed by atoms with E-state index in [-0.39, 0.29) is 24.6 Å². The van der Waals surface area contributed by atoms with Gasteiger partial charge in [0, 0.05) is 56.1 Å². The molecule has 1 fully saturated rings. The van der Waals surface area contributed by atoms with Crippen LogP contribution in [0.3, 0.4) is 0 Å². The van der Waals surface area contributed by atoms with E-state index in [0.717, 1.165) is 24.8 Å². The number of carbonyl (C=O) groups excluding carboxylic acids is 3. The van der Waals surface area contributed by atoms with Gasteiger partial charge < -0.3 is 20.0 Å². The fourth-order valence-corrected chi connectivity index (χ4v) is 4.64. The maximum Gasteiger partial charge on any atom is 0.254 e. The van der Waals surface area contributed by atoms with Gasteiger partial charge in [0.25, 0.3) is 5.91 Å². The Morgan fingerprint density at radius 2 is 1.55 bits per heavy atom. The van der Waals surface area contributed by atoms with Crippen LogP contribution in [0.5, 0.6) is 0 Å². The number of carbonyl (C=O) groups is 3. The summed E-state index contributed by atoms with van der Waals surface area (Å²) in [7, 11) is 0. The molecule has 0 atom stereocenters. The van der Waals surface area contributed by atoms with E-state index in [4.69, 9.17) is 0 Å². The molecule has 9 heteroatoms. The molecule has 210 valence electrons. The summed E-state index contributed by atoms with van der Waals surface area (Å²) in [4.78, 5) is 43.9. The van der Waals surface area contributed by atoms with Gasteiger partial charge in [-0.15, -0.1) is 0 Å². The molecule has 1 heterocycles. The van der Waals surface area contributed by atoms with Crippen molar-refractivity contribution in [3.8, 4) is 0 Å². The molecular weight excluding hydrogens is 514 g/mol. The van der Waals surface area contributed by atoms with Crippen LogP contribution in [0.1, 0.15) is 36.2 Å². The van der Waals surface area contributed by atoms with Crippen molar-refractivity contribution in [2.45, 2.75) is 26.8 Å². The van der Waals surface area contributed by atoms with Gasteiger partial charge in [-0.3, -0.25) is 14.4 Å². The molecule has 0 aromatic heterocycles. The average Bonchev–Trinajstić information content (AvgIpc) is 2.93. The number of piperazine rings is 1. The predicted molar refractivity (Wildman–Crippen MR) is 151 cm³/mol. The molecule has 1 aliphatic heterocycles. The minimum absolute atomic E-state index is 0.0492. The molecule has 0 radical (unpaired) electrons. The van der Waals surface area contributed by atoms with Gasteiger partial charge in [-0.05, 0) is 66.1 Å². The van der Waals surface area contributed by atoms with Gasteiger partial charge in [0.2, 0.25) is 11.8 Å². The SMILES string of the molecule is CC(C)CC(=O)N1CCN(c2ccc(NC(=O)CN(Cc3ccc(F)cc3)C(=O)c3cccc(F)c3)cc2)CC1. The van der Waals surface area contributed by atoms with Crippen LogP contribution in [-0.2, 0) is 16.1 Å². The Bertz CT molecular complexity index is 1320. The standard InChI is InChI=1S/C31H34F2N4O3/c1-22(2)18-30(39)36-16-14-35(15-17-36)28-12-10-27(11-13-28)34-29(38)21-37(20-23-6-8-25(32)9-7-23)31(40)24-4-3-5-26(33)19-24/h3-13,19,22H,14-18,20-21H2,1-2H3,(H,34,38). The van der Waals surface area contributed by atoms with Crippen molar-refractivity contribution < 1.29 is 23.2 Å². The van der Waals surface area contributed by atoms with Crippen LogP contribution in [-0.4, -0.2) is 60.2 Å². The first-order valence-electron chi connectivity index (χ1n) is 13.4. The molecule has 1 aliphatic rings. The molecule has 1 N–H and O–H groups in total. The lowest BCUT2D eigenvalue weighted by Crippen LogP contribution is -2.49. The van der Waals surface area contributed by atoms with Crippen LogP contribution >= 0.6 is 0 Å². The van der Waals surface area contributed by atoms with E-state index >= 15 is 0 Å². The number of benzene rings is 3. The Morgan fingerprint density at radius 1 is 0.875 bits per heavy atom. The molecule has 3 aromatic rings. The Balaban J connectivity index is 1.37. The van der Waals surface area contributed by atoms with Gasteiger partial charge in [-0.25, -0.2) is 8.78 Å². The maximum atomic E-state index is 13.8. The third kappa shape index (κ3) is 7.88. The van der Waals surface area contributed by atoms with Gasteiger partial charge in [0.1, 0.15) is 18.2 Å². The van der Waals surface area contributed by atoms with E-state index in [9.17, 15) is 23.2 Å². The monoisotopic (exact) mass is 548 g/mol.